The molecule has 0 saturated carbocycles. The lowest BCUT2D eigenvalue weighted by Gasteiger charge is -2.15. The average molecular weight is 324 g/mol. The van der Waals surface area contributed by atoms with Gasteiger partial charge in [-0.05, 0) is 50.1 Å². The Balaban J connectivity index is 2.05. The second kappa shape index (κ2) is 8.29. The molecule has 2 N–H and O–H groups in total. The second-order valence-electron chi connectivity index (χ2n) is 6.07. The van der Waals surface area contributed by atoms with Crippen LogP contribution >= 0.6 is 0 Å². The molecule has 0 aliphatic carbocycles. The molecule has 0 aromatic heterocycles. The predicted octanol–water partition coefficient (Wildman–Crippen LogP) is 3.96. The zero-order valence-electron chi connectivity index (χ0n) is 14.4. The lowest BCUT2D eigenvalue weighted by atomic mass is 9.95. The Morgan fingerprint density at radius 3 is 2.12 bits per heavy atom. The van der Waals surface area contributed by atoms with E-state index in [1.165, 1.54) is 0 Å². The molecule has 0 aliphatic rings. The van der Waals surface area contributed by atoms with Gasteiger partial charge < -0.3 is 10.6 Å². The highest BCUT2D eigenvalue weighted by atomic mass is 16.2. The first-order valence-electron chi connectivity index (χ1n) is 8.28. The van der Waals surface area contributed by atoms with Crippen LogP contribution < -0.4 is 10.6 Å². The van der Waals surface area contributed by atoms with Gasteiger partial charge in [-0.1, -0.05) is 37.3 Å². The molecule has 1 unspecified atom stereocenters. The smallest absolute Gasteiger partial charge is 0.251 e. The van der Waals surface area contributed by atoms with Crippen molar-refractivity contribution < 1.29 is 9.59 Å². The molecular weight excluding hydrogens is 300 g/mol. The van der Waals surface area contributed by atoms with Gasteiger partial charge in [0.15, 0.2) is 0 Å². The van der Waals surface area contributed by atoms with Crippen molar-refractivity contribution in [1.29, 1.82) is 0 Å². The molecule has 0 heterocycles. The van der Waals surface area contributed by atoms with E-state index < -0.39 is 0 Å². The van der Waals surface area contributed by atoms with Crippen molar-refractivity contribution in [1.82, 2.24) is 5.32 Å². The van der Waals surface area contributed by atoms with Crippen LogP contribution in [0.25, 0.3) is 0 Å². The highest BCUT2D eigenvalue weighted by Crippen LogP contribution is 2.21. The van der Waals surface area contributed by atoms with Gasteiger partial charge in [0.2, 0.25) is 5.91 Å². The van der Waals surface area contributed by atoms with Gasteiger partial charge in [0.05, 0.1) is 5.92 Å². The van der Waals surface area contributed by atoms with Crippen LogP contribution in [0.3, 0.4) is 0 Å². The molecule has 1 atom stereocenters. The summed E-state index contributed by atoms with van der Waals surface area (Å²) in [4.78, 5) is 24.4. The third kappa shape index (κ3) is 4.69. The summed E-state index contributed by atoms with van der Waals surface area (Å²) in [5.41, 5.74) is 2.28. The largest absolute Gasteiger partial charge is 0.350 e. The standard InChI is InChI=1S/C20H24N2O2/c1-4-18(15-8-6-5-7-9-15)20(24)22-17-12-10-16(11-13-17)19(23)21-14(2)3/h5-14,18H,4H2,1-3H3,(H,21,23)(H,22,24). The zero-order valence-corrected chi connectivity index (χ0v) is 14.4. The summed E-state index contributed by atoms with van der Waals surface area (Å²) >= 11 is 0. The molecule has 126 valence electrons. The van der Waals surface area contributed by atoms with Crippen LogP contribution in [-0.2, 0) is 4.79 Å². The molecule has 2 amide bonds. The van der Waals surface area contributed by atoms with E-state index in [1.807, 2.05) is 51.1 Å². The number of anilines is 1. The Hall–Kier alpha value is -2.62. The maximum atomic E-state index is 12.5. The number of carbonyl (C=O) groups is 2. The Morgan fingerprint density at radius 2 is 1.58 bits per heavy atom. The van der Waals surface area contributed by atoms with E-state index in [9.17, 15) is 9.59 Å². The molecule has 24 heavy (non-hydrogen) atoms. The van der Waals surface area contributed by atoms with Crippen LogP contribution in [0.15, 0.2) is 54.6 Å². The van der Waals surface area contributed by atoms with Crippen LogP contribution in [0.4, 0.5) is 5.69 Å². The van der Waals surface area contributed by atoms with Gasteiger partial charge in [0, 0.05) is 17.3 Å². The molecule has 2 aromatic carbocycles. The Kier molecular flexibility index (Phi) is 6.13. The number of carbonyl (C=O) groups excluding carboxylic acids is 2. The molecule has 2 rings (SSSR count). The van der Waals surface area contributed by atoms with Crippen molar-refractivity contribution in [2.75, 3.05) is 5.32 Å². The van der Waals surface area contributed by atoms with Crippen molar-refractivity contribution in [3.05, 3.63) is 65.7 Å². The SMILES string of the molecule is CCC(C(=O)Nc1ccc(C(=O)NC(C)C)cc1)c1ccccc1. The fourth-order valence-electron chi connectivity index (χ4n) is 2.54. The first kappa shape index (κ1) is 17.7. The van der Waals surface area contributed by atoms with E-state index in [4.69, 9.17) is 0 Å². The van der Waals surface area contributed by atoms with Crippen molar-refractivity contribution in [3.8, 4) is 0 Å². The van der Waals surface area contributed by atoms with E-state index in [0.29, 0.717) is 11.3 Å². The van der Waals surface area contributed by atoms with Gasteiger partial charge in [-0.25, -0.2) is 0 Å². The van der Waals surface area contributed by atoms with Gasteiger partial charge >= 0.3 is 0 Å². The quantitative estimate of drug-likeness (QED) is 0.845. The first-order valence-corrected chi connectivity index (χ1v) is 8.28. The van der Waals surface area contributed by atoms with Crippen molar-refractivity contribution >= 4 is 17.5 Å². The number of amides is 2. The van der Waals surface area contributed by atoms with E-state index in [2.05, 4.69) is 10.6 Å². The lowest BCUT2D eigenvalue weighted by molar-refractivity contribution is -0.117. The van der Waals surface area contributed by atoms with E-state index in [-0.39, 0.29) is 23.8 Å². The predicted molar refractivity (Wildman–Crippen MR) is 97.1 cm³/mol. The van der Waals surface area contributed by atoms with Crippen LogP contribution in [0.5, 0.6) is 0 Å². The summed E-state index contributed by atoms with van der Waals surface area (Å²) in [5.74, 6) is -0.336. The molecular formula is C20H24N2O2. The van der Waals surface area contributed by atoms with E-state index in [1.54, 1.807) is 24.3 Å². The minimum absolute atomic E-state index is 0.0388. The monoisotopic (exact) mass is 324 g/mol. The average Bonchev–Trinajstić information content (AvgIpc) is 2.56. The zero-order chi connectivity index (χ0) is 17.5. The maximum Gasteiger partial charge on any atom is 0.251 e. The fourth-order valence-corrected chi connectivity index (χ4v) is 2.54. The van der Waals surface area contributed by atoms with Crippen LogP contribution in [0.1, 0.15) is 49.0 Å². The minimum Gasteiger partial charge on any atom is -0.350 e. The Bertz CT molecular complexity index is 679. The van der Waals surface area contributed by atoms with Crippen molar-refractivity contribution in [2.45, 2.75) is 39.2 Å². The topological polar surface area (TPSA) is 58.2 Å². The van der Waals surface area contributed by atoms with Gasteiger partial charge in [0.1, 0.15) is 0 Å². The molecule has 0 saturated heterocycles. The Morgan fingerprint density at radius 1 is 0.958 bits per heavy atom. The number of hydrogen-bond acceptors (Lipinski definition) is 2. The number of rotatable bonds is 6. The summed E-state index contributed by atoms with van der Waals surface area (Å²) in [5, 5.41) is 5.77. The summed E-state index contributed by atoms with van der Waals surface area (Å²) < 4.78 is 0. The van der Waals surface area contributed by atoms with Crippen LogP contribution in [0, 0.1) is 0 Å². The fraction of sp³-hybridized carbons (Fsp3) is 0.300. The Labute approximate surface area is 143 Å². The molecule has 0 spiro atoms. The molecule has 0 aliphatic heterocycles. The summed E-state index contributed by atoms with van der Waals surface area (Å²) in [6, 6.07) is 16.8. The van der Waals surface area contributed by atoms with Gasteiger partial charge in [0.25, 0.3) is 5.91 Å². The number of hydrogen-bond donors (Lipinski definition) is 2. The van der Waals surface area contributed by atoms with Gasteiger partial charge in [-0.2, -0.15) is 0 Å². The molecule has 0 fully saturated rings. The van der Waals surface area contributed by atoms with Gasteiger partial charge in [-0.15, -0.1) is 0 Å². The molecule has 0 radical (unpaired) electrons. The van der Waals surface area contributed by atoms with Gasteiger partial charge in [-0.3, -0.25) is 9.59 Å². The molecule has 0 bridgehead atoms. The molecule has 4 heteroatoms. The van der Waals surface area contributed by atoms with Crippen LogP contribution in [-0.4, -0.2) is 17.9 Å². The maximum absolute atomic E-state index is 12.5. The van der Waals surface area contributed by atoms with E-state index in [0.717, 1.165) is 12.0 Å². The van der Waals surface area contributed by atoms with Crippen molar-refractivity contribution in [3.63, 3.8) is 0 Å². The highest BCUT2D eigenvalue weighted by molar-refractivity contribution is 5.97. The lowest BCUT2D eigenvalue weighted by Crippen LogP contribution is -2.30. The summed E-state index contributed by atoms with van der Waals surface area (Å²) in [7, 11) is 0. The third-order valence-corrected chi connectivity index (χ3v) is 3.76. The number of nitrogens with one attached hydrogen (secondary N) is 2. The van der Waals surface area contributed by atoms with Crippen molar-refractivity contribution in [2.24, 2.45) is 0 Å². The normalized spacial score (nSPS) is 11.8. The van der Waals surface area contributed by atoms with E-state index >= 15 is 0 Å². The molecule has 4 nitrogen and oxygen atoms in total. The first-order chi connectivity index (χ1) is 11.5. The minimum atomic E-state index is -0.185. The highest BCUT2D eigenvalue weighted by Gasteiger charge is 2.18. The summed E-state index contributed by atoms with van der Waals surface area (Å²) in [6.07, 6.45) is 0.727. The van der Waals surface area contributed by atoms with Crippen LogP contribution in [0.2, 0.25) is 0 Å². The third-order valence-electron chi connectivity index (χ3n) is 3.76. The second-order valence-corrected chi connectivity index (χ2v) is 6.07. The molecule has 2 aromatic rings. The number of benzene rings is 2. The summed E-state index contributed by atoms with van der Waals surface area (Å²) in [6.45, 7) is 5.83.